The zero-order chi connectivity index (χ0) is 9.53. The molecule has 74 valence electrons. The van der Waals surface area contributed by atoms with Gasteiger partial charge in [0.2, 0.25) is 0 Å². The Morgan fingerprint density at radius 3 is 2.23 bits per heavy atom. The smallest absolute Gasteiger partial charge is 0.102 e. The highest BCUT2D eigenvalue weighted by Gasteiger charge is 2.40. The quantitative estimate of drug-likeness (QED) is 0.661. The molecular weight excluding hydrogens is 162 g/mol. The molecule has 2 nitrogen and oxygen atoms in total. The van der Waals surface area contributed by atoms with Gasteiger partial charge in [0, 0.05) is 5.71 Å². The van der Waals surface area contributed by atoms with Gasteiger partial charge < -0.3 is 5.11 Å². The second-order valence-corrected chi connectivity index (χ2v) is 5.11. The van der Waals surface area contributed by atoms with E-state index < -0.39 is 5.60 Å². The number of aliphatic hydroxyl groups is 1. The monoisotopic (exact) mass is 181 g/mol. The molecule has 1 aliphatic heterocycles. The molecule has 0 amide bonds. The molecule has 0 saturated heterocycles. The zero-order valence-electron chi connectivity index (χ0n) is 8.64. The Morgan fingerprint density at radius 2 is 1.77 bits per heavy atom. The summed E-state index contributed by atoms with van der Waals surface area (Å²) in [5.74, 6) is 0. The van der Waals surface area contributed by atoms with Crippen molar-refractivity contribution in [1.82, 2.24) is 0 Å². The third-order valence-corrected chi connectivity index (χ3v) is 3.38. The molecule has 1 fully saturated rings. The molecule has 0 aromatic heterocycles. The third-order valence-electron chi connectivity index (χ3n) is 3.38. The molecule has 2 rings (SSSR count). The van der Waals surface area contributed by atoms with Gasteiger partial charge in [-0.2, -0.15) is 0 Å². The normalized spacial score (nSPS) is 30.5. The molecule has 0 aromatic carbocycles. The van der Waals surface area contributed by atoms with Crippen LogP contribution in [0.25, 0.3) is 0 Å². The van der Waals surface area contributed by atoms with Crippen LogP contribution in [0.1, 0.15) is 52.4 Å². The van der Waals surface area contributed by atoms with E-state index in [-0.39, 0.29) is 5.54 Å². The Hall–Kier alpha value is -0.370. The Morgan fingerprint density at radius 1 is 1.15 bits per heavy atom. The molecule has 0 spiro atoms. The maximum Gasteiger partial charge on any atom is 0.102 e. The third kappa shape index (κ3) is 1.64. The van der Waals surface area contributed by atoms with Crippen molar-refractivity contribution in [1.29, 1.82) is 0 Å². The highest BCUT2D eigenvalue weighted by atomic mass is 16.3. The fourth-order valence-corrected chi connectivity index (χ4v) is 2.49. The lowest BCUT2D eigenvalue weighted by molar-refractivity contribution is 0.118. The van der Waals surface area contributed by atoms with Crippen LogP contribution < -0.4 is 0 Å². The second-order valence-electron chi connectivity index (χ2n) is 5.11. The van der Waals surface area contributed by atoms with Crippen molar-refractivity contribution in [3.63, 3.8) is 0 Å². The first-order valence-electron chi connectivity index (χ1n) is 5.34. The Balaban J connectivity index is 2.17. The molecule has 1 saturated carbocycles. The van der Waals surface area contributed by atoms with Gasteiger partial charge in [0.15, 0.2) is 0 Å². The minimum Gasteiger partial charge on any atom is -0.384 e. The van der Waals surface area contributed by atoms with E-state index in [1.165, 1.54) is 0 Å². The van der Waals surface area contributed by atoms with E-state index in [2.05, 4.69) is 18.8 Å². The first-order valence-corrected chi connectivity index (χ1v) is 5.34. The van der Waals surface area contributed by atoms with Crippen molar-refractivity contribution in [2.24, 2.45) is 4.99 Å². The molecule has 13 heavy (non-hydrogen) atoms. The fraction of sp³-hybridized carbons (Fsp3) is 0.909. The van der Waals surface area contributed by atoms with Crippen LogP contribution in [0.4, 0.5) is 0 Å². The average Bonchev–Trinajstić information content (AvgIpc) is 2.58. The fourth-order valence-electron chi connectivity index (χ4n) is 2.49. The predicted octanol–water partition coefficient (Wildman–Crippen LogP) is 2.30. The van der Waals surface area contributed by atoms with E-state index in [1.54, 1.807) is 0 Å². The highest BCUT2D eigenvalue weighted by molar-refractivity contribution is 5.94. The van der Waals surface area contributed by atoms with Crippen molar-refractivity contribution < 1.29 is 5.11 Å². The van der Waals surface area contributed by atoms with Gasteiger partial charge in [-0.3, -0.25) is 4.99 Å². The number of rotatable bonds is 1. The van der Waals surface area contributed by atoms with Gasteiger partial charge in [-0.15, -0.1) is 0 Å². The molecular formula is C11H19NO. The summed E-state index contributed by atoms with van der Waals surface area (Å²) in [5.41, 5.74) is 0.636. The van der Waals surface area contributed by atoms with Crippen LogP contribution in [-0.2, 0) is 0 Å². The second kappa shape index (κ2) is 2.81. The summed E-state index contributed by atoms with van der Waals surface area (Å²) in [6, 6.07) is 0. The summed E-state index contributed by atoms with van der Waals surface area (Å²) >= 11 is 0. The summed E-state index contributed by atoms with van der Waals surface area (Å²) in [7, 11) is 0. The van der Waals surface area contributed by atoms with Gasteiger partial charge in [-0.1, -0.05) is 12.8 Å². The average molecular weight is 181 g/mol. The molecule has 0 radical (unpaired) electrons. The molecule has 2 heteroatoms. The summed E-state index contributed by atoms with van der Waals surface area (Å²) in [4.78, 5) is 4.64. The summed E-state index contributed by atoms with van der Waals surface area (Å²) in [6.07, 6.45) is 6.30. The van der Waals surface area contributed by atoms with Crippen LogP contribution in [0.3, 0.4) is 0 Å². The lowest BCUT2D eigenvalue weighted by Crippen LogP contribution is -2.34. The van der Waals surface area contributed by atoms with E-state index in [0.29, 0.717) is 0 Å². The molecule has 1 aliphatic carbocycles. The summed E-state index contributed by atoms with van der Waals surface area (Å²) in [5, 5.41) is 10.3. The number of nitrogens with zero attached hydrogens (tertiary/aromatic N) is 1. The van der Waals surface area contributed by atoms with E-state index in [9.17, 15) is 5.11 Å². The molecule has 0 unspecified atom stereocenters. The minimum absolute atomic E-state index is 0.0770. The lowest BCUT2D eigenvalue weighted by Gasteiger charge is -2.22. The number of hydrogen-bond acceptors (Lipinski definition) is 2. The maximum absolute atomic E-state index is 10.3. The lowest BCUT2D eigenvalue weighted by atomic mass is 9.93. The van der Waals surface area contributed by atoms with Crippen LogP contribution in [0.15, 0.2) is 4.99 Å². The van der Waals surface area contributed by atoms with Crippen molar-refractivity contribution in [3.05, 3.63) is 0 Å². The van der Waals surface area contributed by atoms with Gasteiger partial charge in [0.05, 0.1) is 5.54 Å². The van der Waals surface area contributed by atoms with Crippen molar-refractivity contribution in [2.75, 3.05) is 0 Å². The standard InChI is InChI=1S/C11H19NO/c1-10(2)8-5-9(12-10)11(13)6-3-4-7-11/h13H,3-8H2,1-2H3. The Kier molecular flexibility index (Phi) is 1.99. The molecule has 0 aromatic rings. The minimum atomic E-state index is -0.520. The van der Waals surface area contributed by atoms with E-state index >= 15 is 0 Å². The molecule has 0 atom stereocenters. The zero-order valence-corrected chi connectivity index (χ0v) is 8.64. The Bertz CT molecular complexity index is 236. The van der Waals surface area contributed by atoms with Gasteiger partial charge in [0.25, 0.3) is 0 Å². The Labute approximate surface area is 80.1 Å². The molecule has 1 N–H and O–H groups in total. The van der Waals surface area contributed by atoms with E-state index in [1.807, 2.05) is 0 Å². The van der Waals surface area contributed by atoms with Gasteiger partial charge >= 0.3 is 0 Å². The number of hydrogen-bond donors (Lipinski definition) is 1. The first kappa shape index (κ1) is 9.20. The largest absolute Gasteiger partial charge is 0.384 e. The highest BCUT2D eigenvalue weighted by Crippen LogP contribution is 2.37. The number of aliphatic imine (C=N–C) groups is 1. The SMILES string of the molecule is CC1(C)CCC(C2(O)CCCC2)=N1. The summed E-state index contributed by atoms with van der Waals surface area (Å²) < 4.78 is 0. The molecule has 2 aliphatic rings. The van der Waals surface area contributed by atoms with Gasteiger partial charge in [0.1, 0.15) is 5.60 Å². The van der Waals surface area contributed by atoms with Crippen LogP contribution in [0, 0.1) is 0 Å². The van der Waals surface area contributed by atoms with Crippen molar-refractivity contribution in [3.8, 4) is 0 Å². The van der Waals surface area contributed by atoms with Crippen LogP contribution >= 0.6 is 0 Å². The maximum atomic E-state index is 10.3. The van der Waals surface area contributed by atoms with Crippen molar-refractivity contribution in [2.45, 2.75) is 63.5 Å². The van der Waals surface area contributed by atoms with Crippen molar-refractivity contribution >= 4 is 5.71 Å². The predicted molar refractivity (Wildman–Crippen MR) is 54.2 cm³/mol. The summed E-state index contributed by atoms with van der Waals surface area (Å²) in [6.45, 7) is 4.30. The van der Waals surface area contributed by atoms with E-state index in [0.717, 1.165) is 44.2 Å². The van der Waals surface area contributed by atoms with E-state index in [4.69, 9.17) is 0 Å². The molecule has 0 bridgehead atoms. The topological polar surface area (TPSA) is 32.6 Å². The van der Waals surface area contributed by atoms with Gasteiger partial charge in [-0.05, 0) is 39.5 Å². The van der Waals surface area contributed by atoms with Gasteiger partial charge in [-0.25, -0.2) is 0 Å². The van der Waals surface area contributed by atoms with Crippen LogP contribution in [0.2, 0.25) is 0 Å². The first-order chi connectivity index (χ1) is 6.02. The van der Waals surface area contributed by atoms with Crippen LogP contribution in [0.5, 0.6) is 0 Å². The molecule has 1 heterocycles. The van der Waals surface area contributed by atoms with Crippen LogP contribution in [-0.4, -0.2) is 22.0 Å².